The van der Waals surface area contributed by atoms with Crippen molar-refractivity contribution in [1.29, 1.82) is 0 Å². The van der Waals surface area contributed by atoms with Crippen LogP contribution in [0.25, 0.3) is 0 Å². The first-order valence-electron chi connectivity index (χ1n) is 7.38. The predicted molar refractivity (Wildman–Crippen MR) is 77.0 cm³/mol. The molecular weight excluding hydrogens is 240 g/mol. The summed E-state index contributed by atoms with van der Waals surface area (Å²) in [5.74, 6) is 0.635. The highest BCUT2D eigenvalue weighted by atomic mass is 16.2. The number of piperidine rings is 1. The Kier molecular flexibility index (Phi) is 4.36. The molecule has 0 aromatic heterocycles. The molecule has 2 aliphatic heterocycles. The van der Waals surface area contributed by atoms with Gasteiger partial charge in [-0.25, -0.2) is 4.79 Å². The number of amides is 2. The van der Waals surface area contributed by atoms with Crippen LogP contribution in [0.1, 0.15) is 33.1 Å². The topological polar surface area (TPSA) is 61.6 Å². The van der Waals surface area contributed by atoms with E-state index in [4.69, 9.17) is 5.73 Å². The highest BCUT2D eigenvalue weighted by Gasteiger charge is 2.35. The third-order valence-corrected chi connectivity index (χ3v) is 4.37. The van der Waals surface area contributed by atoms with Crippen LogP contribution in [-0.4, -0.2) is 60.6 Å². The summed E-state index contributed by atoms with van der Waals surface area (Å²) < 4.78 is 0. The lowest BCUT2D eigenvalue weighted by atomic mass is 9.90. The van der Waals surface area contributed by atoms with E-state index >= 15 is 0 Å². The molecular formula is C14H28N4O. The fraction of sp³-hybridized carbons (Fsp3) is 0.929. The second-order valence-electron chi connectivity index (χ2n) is 6.88. The molecule has 0 aromatic carbocycles. The number of nitrogens with two attached hydrogens (primary N) is 1. The van der Waals surface area contributed by atoms with E-state index in [1.54, 1.807) is 0 Å². The summed E-state index contributed by atoms with van der Waals surface area (Å²) in [5, 5.41) is 3.15. The molecule has 0 aliphatic carbocycles. The summed E-state index contributed by atoms with van der Waals surface area (Å²) in [5.41, 5.74) is 5.79. The average molecular weight is 268 g/mol. The zero-order valence-electron chi connectivity index (χ0n) is 12.5. The molecule has 2 rings (SSSR count). The van der Waals surface area contributed by atoms with Gasteiger partial charge in [0.25, 0.3) is 0 Å². The summed E-state index contributed by atoms with van der Waals surface area (Å²) in [7, 11) is 2.17. The summed E-state index contributed by atoms with van der Waals surface area (Å²) in [6.45, 7) is 7.92. The molecule has 110 valence electrons. The molecule has 0 radical (unpaired) electrons. The van der Waals surface area contributed by atoms with Gasteiger partial charge in [-0.3, -0.25) is 0 Å². The van der Waals surface area contributed by atoms with Crippen LogP contribution in [0.2, 0.25) is 0 Å². The van der Waals surface area contributed by atoms with Crippen LogP contribution in [0.3, 0.4) is 0 Å². The van der Waals surface area contributed by atoms with Gasteiger partial charge >= 0.3 is 6.03 Å². The molecule has 5 heteroatoms. The predicted octanol–water partition coefficient (Wildman–Crippen LogP) is 0.849. The van der Waals surface area contributed by atoms with E-state index in [-0.39, 0.29) is 11.6 Å². The largest absolute Gasteiger partial charge is 0.333 e. The molecule has 5 nitrogen and oxygen atoms in total. The van der Waals surface area contributed by atoms with Gasteiger partial charge in [0.2, 0.25) is 0 Å². The monoisotopic (exact) mass is 268 g/mol. The van der Waals surface area contributed by atoms with E-state index in [9.17, 15) is 4.79 Å². The van der Waals surface area contributed by atoms with Crippen LogP contribution in [0.4, 0.5) is 4.79 Å². The number of carbonyl (C=O) groups is 1. The molecule has 19 heavy (non-hydrogen) atoms. The fourth-order valence-electron chi connectivity index (χ4n) is 2.93. The van der Waals surface area contributed by atoms with E-state index in [1.165, 1.54) is 12.8 Å². The maximum absolute atomic E-state index is 12.0. The van der Waals surface area contributed by atoms with Crippen molar-refractivity contribution >= 4 is 6.03 Å². The number of likely N-dealkylation sites (tertiary alicyclic amines) is 1. The van der Waals surface area contributed by atoms with Gasteiger partial charge in [0.05, 0.1) is 6.04 Å². The Morgan fingerprint density at radius 3 is 2.58 bits per heavy atom. The van der Waals surface area contributed by atoms with Crippen molar-refractivity contribution in [3.8, 4) is 0 Å². The molecule has 2 heterocycles. The number of rotatable bonds is 4. The van der Waals surface area contributed by atoms with Crippen molar-refractivity contribution in [2.45, 2.75) is 44.7 Å². The van der Waals surface area contributed by atoms with Crippen LogP contribution in [-0.2, 0) is 0 Å². The zero-order valence-corrected chi connectivity index (χ0v) is 12.5. The van der Waals surface area contributed by atoms with Crippen molar-refractivity contribution in [2.24, 2.45) is 11.7 Å². The number of nitrogens with one attached hydrogen (secondary N) is 1. The molecule has 2 aliphatic rings. The second kappa shape index (κ2) is 5.67. The van der Waals surface area contributed by atoms with E-state index in [2.05, 4.69) is 17.3 Å². The lowest BCUT2D eigenvalue weighted by molar-refractivity contribution is 0.190. The number of carbonyl (C=O) groups excluding carboxylic acids is 1. The lowest BCUT2D eigenvalue weighted by Crippen LogP contribution is -2.41. The third-order valence-electron chi connectivity index (χ3n) is 4.37. The van der Waals surface area contributed by atoms with Crippen LogP contribution in [0.5, 0.6) is 0 Å². The maximum atomic E-state index is 12.0. The van der Waals surface area contributed by atoms with E-state index in [1.807, 2.05) is 18.7 Å². The zero-order chi connectivity index (χ0) is 14.0. The van der Waals surface area contributed by atoms with Crippen molar-refractivity contribution in [2.75, 3.05) is 33.2 Å². The van der Waals surface area contributed by atoms with Crippen molar-refractivity contribution < 1.29 is 4.79 Å². The Morgan fingerprint density at radius 1 is 1.37 bits per heavy atom. The molecule has 2 amide bonds. The normalized spacial score (nSPS) is 26.8. The Hall–Kier alpha value is -0.810. The van der Waals surface area contributed by atoms with Crippen LogP contribution >= 0.6 is 0 Å². The Bertz CT molecular complexity index is 318. The van der Waals surface area contributed by atoms with Gasteiger partial charge in [0.1, 0.15) is 0 Å². The average Bonchev–Trinajstić information content (AvgIpc) is 2.68. The number of hydrogen-bond acceptors (Lipinski definition) is 3. The van der Waals surface area contributed by atoms with Gasteiger partial charge < -0.3 is 20.9 Å². The summed E-state index contributed by atoms with van der Waals surface area (Å²) in [4.78, 5) is 16.3. The Labute approximate surface area is 116 Å². The standard InChI is InChI=1S/C14H28N4O/c1-14(2,15)6-9-18-10-12(16-13(18)19)11-4-7-17(3)8-5-11/h11-12H,4-10,15H2,1-3H3,(H,16,19). The molecule has 2 fully saturated rings. The van der Waals surface area contributed by atoms with Gasteiger partial charge in [-0.15, -0.1) is 0 Å². The second-order valence-corrected chi connectivity index (χ2v) is 6.88. The van der Waals surface area contributed by atoms with Crippen LogP contribution in [0.15, 0.2) is 0 Å². The van der Waals surface area contributed by atoms with Gasteiger partial charge in [0.15, 0.2) is 0 Å². The fourth-order valence-corrected chi connectivity index (χ4v) is 2.93. The van der Waals surface area contributed by atoms with Gasteiger partial charge in [-0.2, -0.15) is 0 Å². The minimum atomic E-state index is -0.202. The SMILES string of the molecule is CN1CCC(C2CN(CCC(C)(C)N)C(=O)N2)CC1. The van der Waals surface area contributed by atoms with Gasteiger partial charge in [-0.05, 0) is 59.2 Å². The molecule has 0 saturated carbocycles. The van der Waals surface area contributed by atoms with Crippen molar-refractivity contribution in [3.05, 3.63) is 0 Å². The first kappa shape index (κ1) is 14.6. The minimum absolute atomic E-state index is 0.0909. The first-order valence-corrected chi connectivity index (χ1v) is 7.38. The van der Waals surface area contributed by atoms with Gasteiger partial charge in [0, 0.05) is 18.6 Å². The highest BCUT2D eigenvalue weighted by Crippen LogP contribution is 2.23. The summed E-state index contributed by atoms with van der Waals surface area (Å²) >= 11 is 0. The van der Waals surface area contributed by atoms with Crippen molar-refractivity contribution in [3.63, 3.8) is 0 Å². The molecule has 1 unspecified atom stereocenters. The molecule has 0 spiro atoms. The van der Waals surface area contributed by atoms with E-state index in [0.29, 0.717) is 12.0 Å². The van der Waals surface area contributed by atoms with Crippen LogP contribution in [0, 0.1) is 5.92 Å². The summed E-state index contributed by atoms with van der Waals surface area (Å²) in [6.07, 6.45) is 3.23. The molecule has 1 atom stereocenters. The van der Waals surface area contributed by atoms with E-state index < -0.39 is 0 Å². The lowest BCUT2D eigenvalue weighted by Gasteiger charge is -2.32. The molecule has 3 N–H and O–H groups in total. The smallest absolute Gasteiger partial charge is 0.317 e. The summed E-state index contributed by atoms with van der Waals surface area (Å²) in [6, 6.07) is 0.426. The first-order chi connectivity index (χ1) is 8.85. The molecule has 0 bridgehead atoms. The van der Waals surface area contributed by atoms with Crippen LogP contribution < -0.4 is 11.1 Å². The third kappa shape index (κ3) is 4.08. The Balaban J connectivity index is 1.82. The van der Waals surface area contributed by atoms with Gasteiger partial charge in [-0.1, -0.05) is 0 Å². The van der Waals surface area contributed by atoms with E-state index in [0.717, 1.165) is 32.6 Å². The molecule has 0 aromatic rings. The number of nitrogens with zero attached hydrogens (tertiary/aromatic N) is 2. The van der Waals surface area contributed by atoms with Crippen molar-refractivity contribution in [1.82, 2.24) is 15.1 Å². The molecule has 2 saturated heterocycles. The maximum Gasteiger partial charge on any atom is 0.317 e. The quantitative estimate of drug-likeness (QED) is 0.794. The highest BCUT2D eigenvalue weighted by molar-refractivity contribution is 5.76. The number of hydrogen-bond donors (Lipinski definition) is 2. The minimum Gasteiger partial charge on any atom is -0.333 e. The Morgan fingerprint density at radius 2 is 2.00 bits per heavy atom. The number of urea groups is 1.